The van der Waals surface area contributed by atoms with E-state index in [9.17, 15) is 4.79 Å². The topological polar surface area (TPSA) is 77.2 Å². The minimum atomic E-state index is -0.172. The number of aromatic nitrogens is 2. The largest absolute Gasteiger partial charge is 0.460 e. The zero-order valence-corrected chi connectivity index (χ0v) is 17.0. The van der Waals surface area contributed by atoms with E-state index < -0.39 is 0 Å². The van der Waals surface area contributed by atoms with Crippen LogP contribution in [0.4, 0.5) is 0 Å². The molecule has 0 saturated carbocycles. The van der Waals surface area contributed by atoms with Gasteiger partial charge in [-0.05, 0) is 48.9 Å². The molecule has 0 aliphatic carbocycles. The van der Waals surface area contributed by atoms with Crippen molar-refractivity contribution in [3.05, 3.63) is 84.5 Å². The highest BCUT2D eigenvalue weighted by Gasteiger charge is 2.18. The second-order valence-electron chi connectivity index (χ2n) is 7.16. The van der Waals surface area contributed by atoms with Crippen LogP contribution in [0.2, 0.25) is 0 Å². The number of aryl methyl sites for hydroxylation is 1. The minimum Gasteiger partial charge on any atom is -0.460 e. The minimum absolute atomic E-state index is 0.172. The predicted octanol–water partition coefficient (Wildman–Crippen LogP) is 5.50. The maximum Gasteiger partial charge on any atom is 0.255 e. The fourth-order valence-electron chi connectivity index (χ4n) is 3.72. The lowest BCUT2D eigenvalue weighted by molar-refractivity contribution is 0.0963. The van der Waals surface area contributed by atoms with Gasteiger partial charge in [0.15, 0.2) is 0 Å². The van der Waals surface area contributed by atoms with E-state index in [4.69, 9.17) is 9.15 Å². The lowest BCUT2D eigenvalue weighted by atomic mass is 10.1. The number of carbonyl (C=O) groups excluding carboxylic acids is 1. The molecule has 152 valence electrons. The average Bonchev–Trinajstić information content (AvgIpc) is 3.14. The summed E-state index contributed by atoms with van der Waals surface area (Å²) in [4.78, 5) is 20.8. The molecule has 5 aromatic rings. The highest BCUT2D eigenvalue weighted by molar-refractivity contribution is 6.07. The molecule has 0 radical (unpaired) electrons. The Morgan fingerprint density at radius 1 is 1.00 bits per heavy atom. The summed E-state index contributed by atoms with van der Waals surface area (Å²) < 4.78 is 12.0. The maximum absolute atomic E-state index is 12.1. The number of hydrogen-bond donors (Lipinski definition) is 1. The summed E-state index contributed by atoms with van der Waals surface area (Å²) in [6.45, 7) is 1.78. The first-order chi connectivity index (χ1) is 15.1. The molecule has 31 heavy (non-hydrogen) atoms. The standard InChI is InChI=1S/C25H19N3O3/c1-15-24(25(29)26-2)20-8-6-18(13-23(20)30-15)31-22-9-11-28-21-12-16(5-7-19(21)22)17-4-3-10-27-14-17/h3-14H,1-2H3,(H,26,29). The predicted molar refractivity (Wildman–Crippen MR) is 119 cm³/mol. The smallest absolute Gasteiger partial charge is 0.255 e. The van der Waals surface area contributed by atoms with Crippen LogP contribution in [-0.4, -0.2) is 22.9 Å². The second-order valence-corrected chi connectivity index (χ2v) is 7.16. The van der Waals surface area contributed by atoms with Crippen molar-refractivity contribution >= 4 is 27.8 Å². The molecule has 0 saturated heterocycles. The summed E-state index contributed by atoms with van der Waals surface area (Å²) in [6.07, 6.45) is 5.31. The molecule has 5 rings (SSSR count). The number of nitrogens with zero attached hydrogens (tertiary/aromatic N) is 2. The van der Waals surface area contributed by atoms with Crippen LogP contribution in [0, 0.1) is 6.92 Å². The maximum atomic E-state index is 12.1. The molecule has 3 aromatic heterocycles. The van der Waals surface area contributed by atoms with Crippen molar-refractivity contribution in [2.75, 3.05) is 7.05 Å². The Kier molecular flexibility index (Phi) is 4.59. The van der Waals surface area contributed by atoms with E-state index in [-0.39, 0.29) is 5.91 Å². The molecule has 0 bridgehead atoms. The van der Waals surface area contributed by atoms with Crippen LogP contribution >= 0.6 is 0 Å². The third-order valence-corrected chi connectivity index (χ3v) is 5.22. The number of nitrogens with one attached hydrogen (secondary N) is 1. The first-order valence-electron chi connectivity index (χ1n) is 9.86. The Hall–Kier alpha value is -4.19. The molecular formula is C25H19N3O3. The summed E-state index contributed by atoms with van der Waals surface area (Å²) in [5.41, 5.74) is 4.05. The molecule has 2 aromatic carbocycles. The van der Waals surface area contributed by atoms with Gasteiger partial charge in [0.25, 0.3) is 5.91 Å². The number of amides is 1. The Labute approximate surface area is 178 Å². The van der Waals surface area contributed by atoms with Gasteiger partial charge in [0.1, 0.15) is 22.8 Å². The first-order valence-corrected chi connectivity index (χ1v) is 9.86. The van der Waals surface area contributed by atoms with Crippen LogP contribution in [0.15, 0.2) is 77.6 Å². The van der Waals surface area contributed by atoms with Gasteiger partial charge < -0.3 is 14.5 Å². The van der Waals surface area contributed by atoms with Crippen LogP contribution in [0.5, 0.6) is 11.5 Å². The van der Waals surface area contributed by atoms with Gasteiger partial charge in [0, 0.05) is 48.0 Å². The van der Waals surface area contributed by atoms with Gasteiger partial charge in [-0.1, -0.05) is 12.1 Å². The van der Waals surface area contributed by atoms with Crippen LogP contribution in [0.1, 0.15) is 16.1 Å². The highest BCUT2D eigenvalue weighted by atomic mass is 16.5. The third kappa shape index (κ3) is 3.38. The number of pyridine rings is 2. The van der Waals surface area contributed by atoms with E-state index in [2.05, 4.69) is 15.3 Å². The molecule has 6 heteroatoms. The Bertz CT molecular complexity index is 1420. The number of fused-ring (bicyclic) bond motifs is 2. The molecule has 0 aliphatic heterocycles. The fraction of sp³-hybridized carbons (Fsp3) is 0.0800. The monoisotopic (exact) mass is 409 g/mol. The molecule has 3 heterocycles. The third-order valence-electron chi connectivity index (χ3n) is 5.22. The van der Waals surface area contributed by atoms with Crippen molar-refractivity contribution < 1.29 is 13.9 Å². The molecule has 0 atom stereocenters. The Morgan fingerprint density at radius 2 is 1.87 bits per heavy atom. The van der Waals surface area contributed by atoms with Crippen molar-refractivity contribution in [2.45, 2.75) is 6.92 Å². The van der Waals surface area contributed by atoms with Crippen molar-refractivity contribution in [1.29, 1.82) is 0 Å². The number of hydrogen-bond acceptors (Lipinski definition) is 5. The summed E-state index contributed by atoms with van der Waals surface area (Å²) in [6, 6.07) is 17.3. The Morgan fingerprint density at radius 3 is 2.68 bits per heavy atom. The van der Waals surface area contributed by atoms with Gasteiger partial charge in [-0.2, -0.15) is 0 Å². The van der Waals surface area contributed by atoms with Gasteiger partial charge in [-0.15, -0.1) is 0 Å². The molecule has 0 aliphatic rings. The van der Waals surface area contributed by atoms with Gasteiger partial charge in [0.2, 0.25) is 0 Å². The van der Waals surface area contributed by atoms with E-state index >= 15 is 0 Å². The first kappa shape index (κ1) is 18.8. The molecule has 1 amide bonds. The molecule has 6 nitrogen and oxygen atoms in total. The second kappa shape index (κ2) is 7.57. The number of ether oxygens (including phenoxy) is 1. The van der Waals surface area contributed by atoms with E-state index in [0.29, 0.717) is 28.4 Å². The summed E-state index contributed by atoms with van der Waals surface area (Å²) in [5.74, 6) is 1.71. The fourth-order valence-corrected chi connectivity index (χ4v) is 3.72. The average molecular weight is 409 g/mol. The van der Waals surface area contributed by atoms with Crippen molar-refractivity contribution in [3.8, 4) is 22.6 Å². The lowest BCUT2D eigenvalue weighted by Crippen LogP contribution is -2.18. The van der Waals surface area contributed by atoms with Gasteiger partial charge in [-0.3, -0.25) is 14.8 Å². The summed E-state index contributed by atoms with van der Waals surface area (Å²) in [7, 11) is 1.60. The van der Waals surface area contributed by atoms with E-state index in [1.807, 2.05) is 54.7 Å². The SMILES string of the molecule is CNC(=O)c1c(C)oc2cc(Oc3ccnc4cc(-c5cccnc5)ccc34)ccc12. The van der Waals surface area contributed by atoms with Crippen molar-refractivity contribution in [1.82, 2.24) is 15.3 Å². The normalized spacial score (nSPS) is 11.0. The van der Waals surface area contributed by atoms with Crippen LogP contribution in [0.25, 0.3) is 33.0 Å². The van der Waals surface area contributed by atoms with Gasteiger partial charge in [0.05, 0.1) is 11.1 Å². The van der Waals surface area contributed by atoms with E-state index in [0.717, 1.165) is 27.4 Å². The van der Waals surface area contributed by atoms with Crippen LogP contribution in [-0.2, 0) is 0 Å². The number of rotatable bonds is 4. The molecule has 0 fully saturated rings. The summed E-state index contributed by atoms with van der Waals surface area (Å²) in [5, 5.41) is 4.30. The zero-order valence-electron chi connectivity index (χ0n) is 17.0. The quantitative estimate of drug-likeness (QED) is 0.424. The Balaban J connectivity index is 1.51. The number of furan rings is 1. The van der Waals surface area contributed by atoms with Crippen LogP contribution < -0.4 is 10.1 Å². The summed E-state index contributed by atoms with van der Waals surface area (Å²) >= 11 is 0. The zero-order chi connectivity index (χ0) is 21.4. The number of benzene rings is 2. The lowest BCUT2D eigenvalue weighted by Gasteiger charge is -2.10. The van der Waals surface area contributed by atoms with Crippen LogP contribution in [0.3, 0.4) is 0 Å². The van der Waals surface area contributed by atoms with Crippen molar-refractivity contribution in [2.24, 2.45) is 0 Å². The number of carbonyl (C=O) groups is 1. The molecule has 1 N–H and O–H groups in total. The van der Waals surface area contributed by atoms with E-state index in [1.54, 1.807) is 32.4 Å². The molecular weight excluding hydrogens is 390 g/mol. The highest BCUT2D eigenvalue weighted by Crippen LogP contribution is 2.34. The molecule has 0 unspecified atom stereocenters. The van der Waals surface area contributed by atoms with Gasteiger partial charge in [-0.25, -0.2) is 0 Å². The van der Waals surface area contributed by atoms with Crippen molar-refractivity contribution in [3.63, 3.8) is 0 Å². The van der Waals surface area contributed by atoms with Gasteiger partial charge >= 0.3 is 0 Å². The van der Waals surface area contributed by atoms with E-state index in [1.165, 1.54) is 0 Å². The molecule has 0 spiro atoms.